The lowest BCUT2D eigenvalue weighted by atomic mass is 10.5. The first kappa shape index (κ1) is 9.16. The molecule has 0 spiro atoms. The van der Waals surface area contributed by atoms with Crippen LogP contribution in [0.3, 0.4) is 0 Å². The molecule has 1 fully saturated rings. The largest absolute Gasteiger partial charge is 0.371 e. The molecule has 1 heterocycles. The highest BCUT2D eigenvalue weighted by molar-refractivity contribution is 7.52. The van der Waals surface area contributed by atoms with E-state index in [1.807, 2.05) is 0 Å². The van der Waals surface area contributed by atoms with Gasteiger partial charge >= 0.3 is 7.60 Å². The molecule has 6 heteroatoms. The van der Waals surface area contributed by atoms with Crippen LogP contribution in [0.2, 0.25) is 0 Å². The number of hydrogen-bond donors (Lipinski definition) is 2. The average molecular weight is 182 g/mol. The molecule has 11 heavy (non-hydrogen) atoms. The number of hydrogen-bond acceptors (Lipinski definition) is 3. The average Bonchev–Trinajstić information content (AvgIpc) is 2.62. The summed E-state index contributed by atoms with van der Waals surface area (Å²) in [5, 5.41) is 0. The normalized spacial score (nSPS) is 26.6. The van der Waals surface area contributed by atoms with Crippen molar-refractivity contribution in [2.24, 2.45) is 0 Å². The molecule has 1 aliphatic heterocycles. The van der Waals surface area contributed by atoms with Gasteiger partial charge in [0.1, 0.15) is 6.10 Å². The Morgan fingerprint density at radius 1 is 1.82 bits per heavy atom. The fourth-order valence-corrected chi connectivity index (χ4v) is 0.788. The fraction of sp³-hybridized carbons (Fsp3) is 1.00. The number of rotatable bonds is 4. The monoisotopic (exact) mass is 182 g/mol. The first-order chi connectivity index (χ1) is 5.00. The highest BCUT2D eigenvalue weighted by atomic mass is 31.2. The summed E-state index contributed by atoms with van der Waals surface area (Å²) in [6.07, 6.45) is 0.0454. The quantitative estimate of drug-likeness (QED) is 0.469. The molecule has 1 saturated heterocycles. The molecule has 2 unspecified atom stereocenters. The van der Waals surface area contributed by atoms with Crippen molar-refractivity contribution in [3.05, 3.63) is 0 Å². The van der Waals surface area contributed by atoms with E-state index >= 15 is 0 Å². The van der Waals surface area contributed by atoms with Crippen molar-refractivity contribution in [2.45, 2.75) is 18.9 Å². The molecular weight excluding hydrogens is 171 g/mol. The lowest BCUT2D eigenvalue weighted by Crippen LogP contribution is -2.12. The van der Waals surface area contributed by atoms with Crippen molar-refractivity contribution in [1.82, 2.24) is 0 Å². The Bertz CT molecular complexity index is 172. The van der Waals surface area contributed by atoms with Gasteiger partial charge in [-0.2, -0.15) is 0 Å². The summed E-state index contributed by atoms with van der Waals surface area (Å²) >= 11 is 0. The lowest BCUT2D eigenvalue weighted by molar-refractivity contribution is 0.0837. The van der Waals surface area contributed by atoms with E-state index in [2.05, 4.69) is 0 Å². The molecule has 0 aromatic rings. The van der Waals surface area contributed by atoms with Gasteiger partial charge in [0.25, 0.3) is 0 Å². The second kappa shape index (κ2) is 3.21. The SMILES string of the molecule is CC(OCC1CO1)P(=O)(O)O. The Morgan fingerprint density at radius 2 is 2.36 bits per heavy atom. The van der Waals surface area contributed by atoms with Crippen molar-refractivity contribution in [3.63, 3.8) is 0 Å². The Morgan fingerprint density at radius 3 is 2.73 bits per heavy atom. The highest BCUT2D eigenvalue weighted by Gasteiger charge is 2.29. The van der Waals surface area contributed by atoms with E-state index in [1.54, 1.807) is 0 Å². The molecule has 1 aliphatic rings. The van der Waals surface area contributed by atoms with E-state index in [0.717, 1.165) is 0 Å². The first-order valence-electron chi connectivity index (χ1n) is 3.28. The second-order valence-electron chi connectivity index (χ2n) is 2.48. The van der Waals surface area contributed by atoms with Crippen molar-refractivity contribution >= 4 is 7.60 Å². The minimum atomic E-state index is -4.06. The van der Waals surface area contributed by atoms with Gasteiger partial charge in [-0.15, -0.1) is 0 Å². The van der Waals surface area contributed by atoms with E-state index in [1.165, 1.54) is 6.92 Å². The second-order valence-corrected chi connectivity index (χ2v) is 4.38. The van der Waals surface area contributed by atoms with Crippen LogP contribution in [0.5, 0.6) is 0 Å². The summed E-state index contributed by atoms with van der Waals surface area (Å²) in [4.78, 5) is 17.1. The van der Waals surface area contributed by atoms with Gasteiger partial charge in [-0.25, -0.2) is 0 Å². The van der Waals surface area contributed by atoms with E-state index in [4.69, 9.17) is 19.3 Å². The van der Waals surface area contributed by atoms with Crippen LogP contribution in [0.15, 0.2) is 0 Å². The third-order valence-corrected chi connectivity index (χ3v) is 2.50. The van der Waals surface area contributed by atoms with Gasteiger partial charge in [0.2, 0.25) is 0 Å². The first-order valence-corrected chi connectivity index (χ1v) is 4.96. The Labute approximate surface area is 64.5 Å². The maximum Gasteiger partial charge on any atom is 0.353 e. The molecule has 0 saturated carbocycles. The predicted octanol–water partition coefficient (Wildman–Crippen LogP) is -0.0745. The predicted molar refractivity (Wildman–Crippen MR) is 37.2 cm³/mol. The minimum absolute atomic E-state index is 0.0454. The number of epoxide rings is 1. The zero-order valence-corrected chi connectivity index (χ0v) is 7.03. The van der Waals surface area contributed by atoms with Gasteiger partial charge in [-0.1, -0.05) is 0 Å². The number of ether oxygens (including phenoxy) is 2. The van der Waals surface area contributed by atoms with E-state index in [9.17, 15) is 4.57 Å². The maximum absolute atomic E-state index is 10.5. The molecule has 2 atom stereocenters. The molecule has 0 radical (unpaired) electrons. The summed E-state index contributed by atoms with van der Waals surface area (Å²) in [6, 6.07) is 0. The highest BCUT2D eigenvalue weighted by Crippen LogP contribution is 2.41. The summed E-state index contributed by atoms with van der Waals surface area (Å²) in [7, 11) is -4.06. The molecule has 66 valence electrons. The van der Waals surface area contributed by atoms with E-state index in [-0.39, 0.29) is 12.7 Å². The Hall–Kier alpha value is 0.0700. The zero-order chi connectivity index (χ0) is 8.48. The maximum atomic E-state index is 10.5. The van der Waals surface area contributed by atoms with Crippen LogP contribution < -0.4 is 0 Å². The van der Waals surface area contributed by atoms with Gasteiger partial charge < -0.3 is 19.3 Å². The van der Waals surface area contributed by atoms with Crippen molar-refractivity contribution in [2.75, 3.05) is 13.2 Å². The van der Waals surface area contributed by atoms with Gasteiger partial charge in [0, 0.05) is 0 Å². The molecule has 0 bridgehead atoms. The van der Waals surface area contributed by atoms with Gasteiger partial charge in [0.05, 0.1) is 13.2 Å². The topological polar surface area (TPSA) is 79.3 Å². The zero-order valence-electron chi connectivity index (χ0n) is 6.14. The van der Waals surface area contributed by atoms with Crippen LogP contribution in [-0.2, 0) is 14.0 Å². The Kier molecular flexibility index (Phi) is 2.67. The van der Waals surface area contributed by atoms with Crippen LogP contribution in [0.4, 0.5) is 0 Å². The fourth-order valence-electron chi connectivity index (χ4n) is 0.508. The van der Waals surface area contributed by atoms with Crippen molar-refractivity contribution in [1.29, 1.82) is 0 Å². The third kappa shape index (κ3) is 3.31. The summed E-state index contributed by atoms with van der Waals surface area (Å²) in [5.74, 6) is -1.02. The molecule has 0 aromatic heterocycles. The van der Waals surface area contributed by atoms with Gasteiger partial charge in [-0.05, 0) is 6.92 Å². The van der Waals surface area contributed by atoms with E-state index in [0.29, 0.717) is 6.61 Å². The molecule has 2 N–H and O–H groups in total. The Balaban J connectivity index is 2.19. The van der Waals surface area contributed by atoms with Gasteiger partial charge in [0.15, 0.2) is 5.85 Å². The summed E-state index contributed by atoms with van der Waals surface area (Å²) in [6.45, 7) is 2.25. The van der Waals surface area contributed by atoms with Crippen molar-refractivity contribution < 1.29 is 23.8 Å². The van der Waals surface area contributed by atoms with Crippen LogP contribution in [0.25, 0.3) is 0 Å². The van der Waals surface area contributed by atoms with Crippen LogP contribution in [-0.4, -0.2) is 34.9 Å². The summed E-state index contributed by atoms with van der Waals surface area (Å²) in [5.41, 5.74) is 0. The lowest BCUT2D eigenvalue weighted by Gasteiger charge is -2.12. The molecular formula is C5H11O5P. The van der Waals surface area contributed by atoms with Gasteiger partial charge in [-0.3, -0.25) is 4.57 Å². The third-order valence-electron chi connectivity index (χ3n) is 1.40. The smallest absolute Gasteiger partial charge is 0.353 e. The molecule has 0 amide bonds. The van der Waals surface area contributed by atoms with Crippen molar-refractivity contribution in [3.8, 4) is 0 Å². The van der Waals surface area contributed by atoms with Crippen LogP contribution >= 0.6 is 7.60 Å². The minimum Gasteiger partial charge on any atom is -0.371 e. The standard InChI is InChI=1S/C5H11O5P/c1-4(11(6,7)8)9-2-5-3-10-5/h4-5H,2-3H2,1H3,(H2,6,7,8). The van der Waals surface area contributed by atoms with E-state index < -0.39 is 13.4 Å². The van der Waals surface area contributed by atoms with Crippen LogP contribution in [0, 0.1) is 0 Å². The van der Waals surface area contributed by atoms with Crippen LogP contribution in [0.1, 0.15) is 6.92 Å². The molecule has 0 aromatic carbocycles. The summed E-state index contributed by atoms with van der Waals surface area (Å²) < 4.78 is 20.1. The molecule has 5 nitrogen and oxygen atoms in total. The molecule has 1 rings (SSSR count). The molecule has 0 aliphatic carbocycles.